The van der Waals surface area contributed by atoms with Crippen molar-refractivity contribution in [2.45, 2.75) is 37.0 Å². The van der Waals surface area contributed by atoms with E-state index >= 15 is 0 Å². The van der Waals surface area contributed by atoms with Gasteiger partial charge in [-0.25, -0.2) is 0 Å². The van der Waals surface area contributed by atoms with Gasteiger partial charge >= 0.3 is 0 Å². The van der Waals surface area contributed by atoms with Crippen molar-refractivity contribution in [1.82, 2.24) is 0 Å². The van der Waals surface area contributed by atoms with Gasteiger partial charge in [0.15, 0.2) is 0 Å². The van der Waals surface area contributed by atoms with Crippen LogP contribution in [-0.4, -0.2) is 12.6 Å². The largest absolute Gasteiger partial charge is 0.122 e. The van der Waals surface area contributed by atoms with E-state index in [9.17, 15) is 0 Å². The molecule has 2 aliphatic carbocycles. The van der Waals surface area contributed by atoms with Gasteiger partial charge in [-0.15, -0.1) is 11.6 Å². The molecule has 0 radical (unpaired) electrons. The summed E-state index contributed by atoms with van der Waals surface area (Å²) in [5, 5.41) is 0. The zero-order valence-electron chi connectivity index (χ0n) is 8.10. The monoisotopic (exact) mass is 200 g/mol. The molecule has 3 unspecified atom stereocenters. The van der Waals surface area contributed by atoms with Crippen LogP contribution >= 0.6 is 11.6 Å². The smallest absolute Gasteiger partial charge is 0.0699 e. The van der Waals surface area contributed by atoms with E-state index in [0.29, 0.717) is 0 Å². The van der Waals surface area contributed by atoms with E-state index in [1.165, 1.54) is 12.8 Å². The second-order valence-electron chi connectivity index (χ2n) is 5.16. The first kappa shape index (κ1) is 8.83. The molecular formula is C10H17ClSi. The summed E-state index contributed by atoms with van der Waals surface area (Å²) >= 11 is 6.70. The molecule has 0 aromatic heterocycles. The van der Waals surface area contributed by atoms with Crippen molar-refractivity contribution in [3.8, 4) is 0 Å². The van der Waals surface area contributed by atoms with E-state index in [0.717, 1.165) is 11.8 Å². The summed E-state index contributed by atoms with van der Waals surface area (Å²) in [6, 6.07) is 0. The fraction of sp³-hybridized carbons (Fsp3) is 0.800. The third kappa shape index (κ3) is 0.958. The van der Waals surface area contributed by atoms with Gasteiger partial charge in [-0.2, -0.15) is 0 Å². The molecule has 68 valence electrons. The molecule has 0 nitrogen and oxygen atoms in total. The van der Waals surface area contributed by atoms with Crippen molar-refractivity contribution >= 4 is 19.7 Å². The lowest BCUT2D eigenvalue weighted by Gasteiger charge is -2.24. The quantitative estimate of drug-likeness (QED) is 0.346. The fourth-order valence-electron chi connectivity index (χ4n) is 2.69. The van der Waals surface area contributed by atoms with Crippen LogP contribution in [0.4, 0.5) is 0 Å². The minimum absolute atomic E-state index is 0.208. The molecule has 0 N–H and O–H groups in total. The van der Waals surface area contributed by atoms with Gasteiger partial charge in [0.1, 0.15) is 0 Å². The Kier molecular flexibility index (Phi) is 1.76. The molecule has 1 fully saturated rings. The minimum Gasteiger partial charge on any atom is -0.122 e. The molecule has 0 bridgehead atoms. The second-order valence-corrected chi connectivity index (χ2v) is 11.4. The van der Waals surface area contributed by atoms with E-state index in [1.807, 2.05) is 0 Å². The van der Waals surface area contributed by atoms with Gasteiger partial charge in [0, 0.05) is 4.50 Å². The Balaban J connectivity index is 2.23. The van der Waals surface area contributed by atoms with Crippen LogP contribution in [0.15, 0.2) is 12.2 Å². The van der Waals surface area contributed by atoms with Crippen LogP contribution in [0, 0.1) is 11.8 Å². The summed E-state index contributed by atoms with van der Waals surface area (Å²) in [5.74, 6) is 1.54. The molecule has 1 saturated carbocycles. The van der Waals surface area contributed by atoms with Crippen LogP contribution in [0.5, 0.6) is 0 Å². The number of hydrogen-bond donors (Lipinski definition) is 0. The van der Waals surface area contributed by atoms with Gasteiger partial charge in [0.05, 0.1) is 8.07 Å². The maximum Gasteiger partial charge on any atom is 0.0699 e. The van der Waals surface area contributed by atoms with Crippen molar-refractivity contribution in [3.63, 3.8) is 0 Å². The molecule has 2 aliphatic rings. The Labute approximate surface area is 81.0 Å². The summed E-state index contributed by atoms with van der Waals surface area (Å²) in [7, 11) is -1.16. The van der Waals surface area contributed by atoms with Crippen molar-refractivity contribution in [1.29, 1.82) is 0 Å². The number of rotatable bonds is 1. The molecule has 0 amide bonds. The topological polar surface area (TPSA) is 0 Å². The van der Waals surface area contributed by atoms with Crippen LogP contribution < -0.4 is 0 Å². The summed E-state index contributed by atoms with van der Waals surface area (Å²) in [5.41, 5.74) is 0. The first-order chi connectivity index (χ1) is 5.48. The van der Waals surface area contributed by atoms with E-state index in [1.54, 1.807) is 0 Å². The molecule has 0 aromatic rings. The van der Waals surface area contributed by atoms with Crippen LogP contribution in [0.2, 0.25) is 19.6 Å². The summed E-state index contributed by atoms with van der Waals surface area (Å²) in [6.45, 7) is 7.18. The van der Waals surface area contributed by atoms with Crippen molar-refractivity contribution in [2.75, 3.05) is 0 Å². The lowest BCUT2D eigenvalue weighted by Crippen LogP contribution is -2.38. The maximum atomic E-state index is 6.70. The average molecular weight is 201 g/mol. The molecule has 2 heteroatoms. The molecule has 3 atom stereocenters. The highest BCUT2D eigenvalue weighted by Crippen LogP contribution is 2.64. The van der Waals surface area contributed by atoms with Gasteiger partial charge in [-0.05, 0) is 24.7 Å². The highest BCUT2D eigenvalue weighted by Gasteiger charge is 2.68. The normalized spacial score (nSPS) is 45.7. The Morgan fingerprint density at radius 3 is 2.50 bits per heavy atom. The average Bonchev–Trinajstić information content (AvgIpc) is 2.59. The third-order valence-electron chi connectivity index (χ3n) is 3.49. The third-order valence-corrected chi connectivity index (χ3v) is 8.72. The maximum absolute atomic E-state index is 6.70. The zero-order valence-corrected chi connectivity index (χ0v) is 9.86. The molecular weight excluding hydrogens is 184 g/mol. The van der Waals surface area contributed by atoms with Crippen molar-refractivity contribution < 1.29 is 0 Å². The SMILES string of the molecule is C[Si](C)(C)C1(Cl)C2C=CCCC21. The molecule has 0 aromatic carbocycles. The summed E-state index contributed by atoms with van der Waals surface area (Å²) in [6.07, 6.45) is 7.25. The Bertz CT molecular complexity index is 228. The van der Waals surface area contributed by atoms with Crippen LogP contribution in [0.1, 0.15) is 12.8 Å². The molecule has 12 heavy (non-hydrogen) atoms. The van der Waals surface area contributed by atoms with Crippen molar-refractivity contribution in [2.24, 2.45) is 11.8 Å². The number of hydrogen-bond acceptors (Lipinski definition) is 0. The zero-order chi connectivity index (χ0) is 8.98. The first-order valence-corrected chi connectivity index (χ1v) is 8.71. The standard InChI is InChI=1S/C10H17ClSi/c1-12(2,3)10(11)8-6-4-5-7-9(8)10/h4,6,8-9H,5,7H2,1-3H3. The van der Waals surface area contributed by atoms with Crippen LogP contribution in [0.3, 0.4) is 0 Å². The van der Waals surface area contributed by atoms with Gasteiger partial charge in [-0.3, -0.25) is 0 Å². The first-order valence-electron chi connectivity index (χ1n) is 4.83. The minimum atomic E-state index is -1.16. The molecule has 0 spiro atoms. The molecule has 0 heterocycles. The predicted molar refractivity (Wildman–Crippen MR) is 57.3 cm³/mol. The lowest BCUT2D eigenvalue weighted by atomic mass is 10.1. The molecule has 0 aliphatic heterocycles. The summed E-state index contributed by atoms with van der Waals surface area (Å²) < 4.78 is 0.208. The van der Waals surface area contributed by atoms with Gasteiger partial charge in [0.25, 0.3) is 0 Å². The van der Waals surface area contributed by atoms with Crippen LogP contribution in [-0.2, 0) is 0 Å². The highest BCUT2D eigenvalue weighted by molar-refractivity contribution is 6.87. The van der Waals surface area contributed by atoms with Gasteiger partial charge in [-0.1, -0.05) is 31.8 Å². The number of alkyl halides is 1. The second kappa shape index (κ2) is 2.39. The number of allylic oxidation sites excluding steroid dienone is 2. The van der Waals surface area contributed by atoms with E-state index in [4.69, 9.17) is 11.6 Å². The Hall–Kier alpha value is 0.247. The van der Waals surface area contributed by atoms with E-state index in [2.05, 4.69) is 31.8 Å². The predicted octanol–water partition coefficient (Wildman–Crippen LogP) is 3.44. The molecule has 0 saturated heterocycles. The van der Waals surface area contributed by atoms with Gasteiger partial charge in [0.2, 0.25) is 0 Å². The number of fused-ring (bicyclic) bond motifs is 1. The lowest BCUT2D eigenvalue weighted by molar-refractivity contribution is 0.678. The van der Waals surface area contributed by atoms with Crippen LogP contribution in [0.25, 0.3) is 0 Å². The fourth-order valence-corrected chi connectivity index (χ4v) is 5.75. The van der Waals surface area contributed by atoms with Gasteiger partial charge < -0.3 is 0 Å². The highest BCUT2D eigenvalue weighted by atomic mass is 35.5. The molecule has 2 rings (SSSR count). The Morgan fingerprint density at radius 2 is 2.08 bits per heavy atom. The van der Waals surface area contributed by atoms with Crippen molar-refractivity contribution in [3.05, 3.63) is 12.2 Å². The number of halogens is 1. The van der Waals surface area contributed by atoms with E-state index in [-0.39, 0.29) is 4.50 Å². The van der Waals surface area contributed by atoms with E-state index < -0.39 is 8.07 Å². The Morgan fingerprint density at radius 1 is 1.42 bits per heavy atom. The summed E-state index contributed by atoms with van der Waals surface area (Å²) in [4.78, 5) is 0.